The highest BCUT2D eigenvalue weighted by Crippen LogP contribution is 2.14. The van der Waals surface area contributed by atoms with Crippen molar-refractivity contribution in [2.45, 2.75) is 12.5 Å². The molecule has 7 heteroatoms. The number of amides is 2. The molecule has 0 aromatic heterocycles. The summed E-state index contributed by atoms with van der Waals surface area (Å²) in [5.74, 6) is -2.03. The van der Waals surface area contributed by atoms with Crippen LogP contribution in [0, 0.1) is 11.3 Å². The SMILES string of the molecule is N#Cc1ccc(C(=O)N2CCNC(=O)C2CC(=O)O)cc1. The van der Waals surface area contributed by atoms with Crippen LogP contribution >= 0.6 is 0 Å². The van der Waals surface area contributed by atoms with E-state index >= 15 is 0 Å². The van der Waals surface area contributed by atoms with E-state index in [2.05, 4.69) is 5.32 Å². The second kappa shape index (κ2) is 6.05. The van der Waals surface area contributed by atoms with Crippen LogP contribution in [-0.2, 0) is 9.59 Å². The number of carboxylic acids is 1. The first-order chi connectivity index (χ1) is 10.0. The zero-order valence-corrected chi connectivity index (χ0v) is 11.1. The van der Waals surface area contributed by atoms with Gasteiger partial charge in [-0.15, -0.1) is 0 Å². The van der Waals surface area contributed by atoms with Gasteiger partial charge in [0, 0.05) is 18.7 Å². The lowest BCUT2D eigenvalue weighted by Crippen LogP contribution is -2.57. The van der Waals surface area contributed by atoms with Gasteiger partial charge in [0.2, 0.25) is 5.91 Å². The summed E-state index contributed by atoms with van der Waals surface area (Å²) in [6.45, 7) is 0.541. The zero-order valence-electron chi connectivity index (χ0n) is 11.1. The van der Waals surface area contributed by atoms with E-state index in [9.17, 15) is 14.4 Å². The standard InChI is InChI=1S/C14H13N3O4/c15-8-9-1-3-10(4-2-9)14(21)17-6-5-16-13(20)11(17)7-12(18)19/h1-4,11H,5-7H2,(H,16,20)(H,18,19). The first-order valence-electron chi connectivity index (χ1n) is 6.33. The van der Waals surface area contributed by atoms with Gasteiger partial charge in [-0.2, -0.15) is 5.26 Å². The lowest BCUT2D eigenvalue weighted by atomic mass is 10.1. The summed E-state index contributed by atoms with van der Waals surface area (Å²) >= 11 is 0. The first kappa shape index (κ1) is 14.5. The molecule has 0 spiro atoms. The Balaban J connectivity index is 2.23. The topological polar surface area (TPSA) is 111 Å². The maximum atomic E-state index is 12.4. The molecule has 0 bridgehead atoms. The van der Waals surface area contributed by atoms with Gasteiger partial charge in [0.1, 0.15) is 6.04 Å². The van der Waals surface area contributed by atoms with Gasteiger partial charge in [0.15, 0.2) is 0 Å². The van der Waals surface area contributed by atoms with E-state index in [0.29, 0.717) is 11.1 Å². The highest BCUT2D eigenvalue weighted by molar-refractivity contribution is 5.99. The Hall–Kier alpha value is -2.88. The van der Waals surface area contributed by atoms with Crippen molar-refractivity contribution in [2.24, 2.45) is 0 Å². The molecule has 2 N–H and O–H groups in total. The quantitative estimate of drug-likeness (QED) is 0.811. The number of piperazine rings is 1. The number of carboxylic acid groups (broad SMARTS) is 1. The molecule has 21 heavy (non-hydrogen) atoms. The fourth-order valence-electron chi connectivity index (χ4n) is 2.18. The Kier molecular flexibility index (Phi) is 4.18. The van der Waals surface area contributed by atoms with Crippen molar-refractivity contribution in [3.8, 4) is 6.07 Å². The zero-order chi connectivity index (χ0) is 15.4. The first-order valence-corrected chi connectivity index (χ1v) is 6.33. The van der Waals surface area contributed by atoms with Gasteiger partial charge < -0.3 is 15.3 Å². The van der Waals surface area contributed by atoms with Gasteiger partial charge in [-0.05, 0) is 24.3 Å². The molecule has 1 atom stereocenters. The molecule has 0 aliphatic carbocycles. The minimum Gasteiger partial charge on any atom is -0.481 e. The molecule has 1 heterocycles. The second-order valence-electron chi connectivity index (χ2n) is 4.59. The maximum absolute atomic E-state index is 12.4. The van der Waals surface area contributed by atoms with E-state index in [1.54, 1.807) is 0 Å². The van der Waals surface area contributed by atoms with E-state index in [4.69, 9.17) is 10.4 Å². The van der Waals surface area contributed by atoms with E-state index in [-0.39, 0.29) is 13.1 Å². The monoisotopic (exact) mass is 287 g/mol. The summed E-state index contributed by atoms with van der Waals surface area (Å²) in [6.07, 6.45) is -0.437. The second-order valence-corrected chi connectivity index (χ2v) is 4.59. The average Bonchev–Trinajstić information content (AvgIpc) is 2.48. The Morgan fingerprint density at radius 3 is 2.62 bits per heavy atom. The molecule has 1 saturated heterocycles. The summed E-state index contributed by atoms with van der Waals surface area (Å²) in [6, 6.07) is 6.92. The largest absolute Gasteiger partial charge is 0.481 e. The summed E-state index contributed by atoms with van der Waals surface area (Å²) in [5, 5.41) is 20.1. The third-order valence-corrected chi connectivity index (χ3v) is 3.22. The summed E-state index contributed by atoms with van der Waals surface area (Å²) < 4.78 is 0. The van der Waals surface area contributed by atoms with Crippen LogP contribution in [0.5, 0.6) is 0 Å². The van der Waals surface area contributed by atoms with Crippen LogP contribution in [0.4, 0.5) is 0 Å². The predicted octanol–water partition coefficient (Wildman–Crippen LogP) is -0.0264. The lowest BCUT2D eigenvalue weighted by molar-refractivity contribution is -0.142. The number of nitrogens with zero attached hydrogens (tertiary/aromatic N) is 2. The Morgan fingerprint density at radius 1 is 1.38 bits per heavy atom. The molecule has 2 rings (SSSR count). The summed E-state index contributed by atoms with van der Waals surface area (Å²) in [5.41, 5.74) is 0.740. The van der Waals surface area contributed by atoms with Gasteiger partial charge in [-0.1, -0.05) is 0 Å². The number of benzene rings is 1. The van der Waals surface area contributed by atoms with Crippen LogP contribution in [0.2, 0.25) is 0 Å². The Labute approximate surface area is 120 Å². The van der Waals surface area contributed by atoms with Gasteiger partial charge in [0.05, 0.1) is 18.1 Å². The average molecular weight is 287 g/mol. The summed E-state index contributed by atoms with van der Waals surface area (Å²) in [4.78, 5) is 36.3. The van der Waals surface area contributed by atoms with Crippen LogP contribution in [0.3, 0.4) is 0 Å². The van der Waals surface area contributed by atoms with Gasteiger partial charge in [-0.25, -0.2) is 0 Å². The van der Waals surface area contributed by atoms with Crippen molar-refractivity contribution in [3.05, 3.63) is 35.4 Å². The third kappa shape index (κ3) is 3.17. The van der Waals surface area contributed by atoms with E-state index < -0.39 is 30.2 Å². The molecular formula is C14H13N3O4. The van der Waals surface area contributed by atoms with E-state index in [1.165, 1.54) is 29.2 Å². The molecule has 1 aromatic rings. The van der Waals surface area contributed by atoms with Gasteiger partial charge in [0.25, 0.3) is 5.91 Å². The van der Waals surface area contributed by atoms with Crippen molar-refractivity contribution >= 4 is 17.8 Å². The fourth-order valence-corrected chi connectivity index (χ4v) is 2.18. The lowest BCUT2D eigenvalue weighted by Gasteiger charge is -2.34. The highest BCUT2D eigenvalue weighted by atomic mass is 16.4. The van der Waals surface area contributed by atoms with Crippen LogP contribution < -0.4 is 5.32 Å². The van der Waals surface area contributed by atoms with Crippen LogP contribution in [0.25, 0.3) is 0 Å². The maximum Gasteiger partial charge on any atom is 0.305 e. The number of aliphatic carboxylic acids is 1. The smallest absolute Gasteiger partial charge is 0.305 e. The molecule has 1 fully saturated rings. The van der Waals surface area contributed by atoms with Crippen molar-refractivity contribution in [1.29, 1.82) is 5.26 Å². The van der Waals surface area contributed by atoms with Crippen LogP contribution in [0.15, 0.2) is 24.3 Å². The minimum absolute atomic E-state index is 0.253. The Morgan fingerprint density at radius 2 is 2.05 bits per heavy atom. The number of rotatable bonds is 3. The molecule has 1 aliphatic heterocycles. The van der Waals surface area contributed by atoms with Crippen molar-refractivity contribution in [1.82, 2.24) is 10.2 Å². The number of hydrogen-bond acceptors (Lipinski definition) is 4. The van der Waals surface area contributed by atoms with Crippen molar-refractivity contribution in [2.75, 3.05) is 13.1 Å². The third-order valence-electron chi connectivity index (χ3n) is 3.22. The molecular weight excluding hydrogens is 274 g/mol. The highest BCUT2D eigenvalue weighted by Gasteiger charge is 2.35. The number of hydrogen-bond donors (Lipinski definition) is 2. The van der Waals surface area contributed by atoms with Gasteiger partial charge in [-0.3, -0.25) is 14.4 Å². The molecule has 1 aromatic carbocycles. The number of nitrogens with one attached hydrogen (secondary N) is 1. The summed E-state index contributed by atoms with van der Waals surface area (Å²) in [7, 11) is 0. The molecule has 0 saturated carbocycles. The van der Waals surface area contributed by atoms with Crippen LogP contribution in [0.1, 0.15) is 22.3 Å². The molecule has 7 nitrogen and oxygen atoms in total. The molecule has 1 unspecified atom stereocenters. The van der Waals surface area contributed by atoms with Crippen molar-refractivity contribution < 1.29 is 19.5 Å². The predicted molar refractivity (Wildman–Crippen MR) is 71.2 cm³/mol. The Bertz CT molecular complexity index is 618. The van der Waals surface area contributed by atoms with Crippen molar-refractivity contribution in [3.63, 3.8) is 0 Å². The fraction of sp³-hybridized carbons (Fsp3) is 0.286. The number of nitriles is 1. The normalized spacial score (nSPS) is 17.8. The molecule has 0 radical (unpaired) electrons. The molecule has 2 amide bonds. The number of carbonyl (C=O) groups excluding carboxylic acids is 2. The molecule has 1 aliphatic rings. The van der Waals surface area contributed by atoms with E-state index in [0.717, 1.165) is 0 Å². The van der Waals surface area contributed by atoms with Crippen LogP contribution in [-0.4, -0.2) is 46.9 Å². The number of carbonyl (C=O) groups is 3. The van der Waals surface area contributed by atoms with Gasteiger partial charge >= 0.3 is 5.97 Å². The minimum atomic E-state index is -1.14. The molecule has 108 valence electrons. The van der Waals surface area contributed by atoms with E-state index in [1.807, 2.05) is 6.07 Å².